The van der Waals surface area contributed by atoms with E-state index in [1.807, 2.05) is 5.38 Å². The lowest BCUT2D eigenvalue weighted by Crippen LogP contribution is -2.09. The van der Waals surface area contributed by atoms with Gasteiger partial charge in [0.25, 0.3) is 0 Å². The summed E-state index contributed by atoms with van der Waals surface area (Å²) in [5.41, 5.74) is 6.33. The van der Waals surface area contributed by atoms with Crippen LogP contribution in [0.15, 0.2) is 29.8 Å². The third-order valence-corrected chi connectivity index (χ3v) is 3.04. The highest BCUT2D eigenvalue weighted by atomic mass is 32.1. The number of ether oxygens (including phenoxy) is 2. The van der Waals surface area contributed by atoms with Gasteiger partial charge < -0.3 is 15.2 Å². The Labute approximate surface area is 108 Å². The second kappa shape index (κ2) is 5.50. The normalized spacial score (nSPS) is 10.1. The highest BCUT2D eigenvalue weighted by Crippen LogP contribution is 2.26. The van der Waals surface area contributed by atoms with Crippen LogP contribution in [0.3, 0.4) is 0 Å². The van der Waals surface area contributed by atoms with Gasteiger partial charge >= 0.3 is 5.97 Å². The molecule has 0 aliphatic rings. The summed E-state index contributed by atoms with van der Waals surface area (Å²) in [6.45, 7) is 0.297. The number of carbonyl (C=O) groups excluding carboxylic acids is 1. The van der Waals surface area contributed by atoms with Crippen molar-refractivity contribution >= 4 is 23.0 Å². The number of rotatable bonds is 4. The van der Waals surface area contributed by atoms with Gasteiger partial charge in [0.05, 0.1) is 7.11 Å². The molecule has 1 aromatic carbocycles. The van der Waals surface area contributed by atoms with Crippen LogP contribution in [0.5, 0.6) is 5.75 Å². The van der Waals surface area contributed by atoms with Gasteiger partial charge in [0, 0.05) is 17.3 Å². The number of methoxy groups -OCH3 is 1. The third kappa shape index (κ3) is 2.60. The van der Waals surface area contributed by atoms with Crippen molar-refractivity contribution in [2.75, 3.05) is 12.8 Å². The molecule has 0 aliphatic carbocycles. The first-order valence-corrected chi connectivity index (χ1v) is 6.08. The number of aromatic nitrogens is 1. The number of nitrogen functional groups attached to an aromatic ring is 1. The molecular formula is C12H12N2O3S. The van der Waals surface area contributed by atoms with E-state index in [1.165, 1.54) is 18.4 Å². The summed E-state index contributed by atoms with van der Waals surface area (Å²) < 4.78 is 10.2. The molecular weight excluding hydrogens is 252 g/mol. The fraction of sp³-hybridized carbons (Fsp3) is 0.167. The fourth-order valence-electron chi connectivity index (χ4n) is 1.45. The SMILES string of the molecule is COC(=O)c1c(N)cccc1OCc1nccs1. The maximum Gasteiger partial charge on any atom is 0.343 e. The minimum atomic E-state index is -0.512. The van der Waals surface area contributed by atoms with Crippen LogP contribution in [-0.4, -0.2) is 18.1 Å². The largest absolute Gasteiger partial charge is 0.485 e. The Bertz CT molecular complexity index is 540. The summed E-state index contributed by atoms with van der Waals surface area (Å²) in [5, 5.41) is 2.69. The zero-order valence-electron chi connectivity index (χ0n) is 9.75. The summed E-state index contributed by atoms with van der Waals surface area (Å²) in [4.78, 5) is 15.7. The standard InChI is InChI=1S/C12H12N2O3S/c1-16-12(15)11-8(13)3-2-4-9(11)17-7-10-14-5-6-18-10/h2-6H,7,13H2,1H3. The molecule has 0 radical (unpaired) electrons. The Hall–Kier alpha value is -2.08. The lowest BCUT2D eigenvalue weighted by Gasteiger charge is -2.10. The first-order chi connectivity index (χ1) is 8.72. The van der Waals surface area contributed by atoms with Gasteiger partial charge in [-0.2, -0.15) is 0 Å². The topological polar surface area (TPSA) is 74.4 Å². The lowest BCUT2D eigenvalue weighted by molar-refractivity contribution is 0.0597. The molecule has 5 nitrogen and oxygen atoms in total. The Morgan fingerprint density at radius 3 is 3.00 bits per heavy atom. The van der Waals surface area contributed by atoms with Gasteiger partial charge in [-0.25, -0.2) is 9.78 Å². The Morgan fingerprint density at radius 1 is 1.50 bits per heavy atom. The predicted octanol–water partition coefficient (Wildman–Crippen LogP) is 2.09. The van der Waals surface area contributed by atoms with Gasteiger partial charge in [0.1, 0.15) is 22.9 Å². The van der Waals surface area contributed by atoms with Crippen LogP contribution in [-0.2, 0) is 11.3 Å². The fourth-order valence-corrected chi connectivity index (χ4v) is 1.98. The number of esters is 1. The van der Waals surface area contributed by atoms with Gasteiger partial charge in [-0.15, -0.1) is 11.3 Å². The molecule has 0 spiro atoms. The van der Waals surface area contributed by atoms with Crippen LogP contribution >= 0.6 is 11.3 Å². The number of nitrogens with zero attached hydrogens (tertiary/aromatic N) is 1. The van der Waals surface area contributed by atoms with Crippen molar-refractivity contribution in [1.82, 2.24) is 4.98 Å². The van der Waals surface area contributed by atoms with Crippen molar-refractivity contribution in [3.8, 4) is 5.75 Å². The molecule has 18 heavy (non-hydrogen) atoms. The smallest absolute Gasteiger partial charge is 0.343 e. The number of nitrogens with two attached hydrogens (primary N) is 1. The van der Waals surface area contributed by atoms with Crippen molar-refractivity contribution in [3.63, 3.8) is 0 Å². The molecule has 0 saturated heterocycles. The molecule has 0 aliphatic heterocycles. The molecule has 1 aromatic heterocycles. The molecule has 0 unspecified atom stereocenters. The Kier molecular flexibility index (Phi) is 3.78. The number of hydrogen-bond acceptors (Lipinski definition) is 6. The van der Waals surface area contributed by atoms with Crippen LogP contribution < -0.4 is 10.5 Å². The van der Waals surface area contributed by atoms with Crippen molar-refractivity contribution < 1.29 is 14.3 Å². The van der Waals surface area contributed by atoms with Crippen molar-refractivity contribution in [3.05, 3.63) is 40.3 Å². The van der Waals surface area contributed by atoms with E-state index < -0.39 is 5.97 Å². The van der Waals surface area contributed by atoms with Crippen molar-refractivity contribution in [2.45, 2.75) is 6.61 Å². The molecule has 2 N–H and O–H groups in total. The first-order valence-electron chi connectivity index (χ1n) is 5.20. The minimum Gasteiger partial charge on any atom is -0.485 e. The van der Waals surface area contributed by atoms with Crippen LogP contribution in [0.4, 0.5) is 5.69 Å². The van der Waals surface area contributed by atoms with Gasteiger partial charge in [0.15, 0.2) is 0 Å². The minimum absolute atomic E-state index is 0.247. The molecule has 1 heterocycles. The van der Waals surface area contributed by atoms with Crippen molar-refractivity contribution in [1.29, 1.82) is 0 Å². The summed E-state index contributed by atoms with van der Waals surface area (Å²) in [7, 11) is 1.30. The summed E-state index contributed by atoms with van der Waals surface area (Å²) in [5.74, 6) is -0.112. The van der Waals surface area contributed by atoms with E-state index >= 15 is 0 Å². The average molecular weight is 264 g/mol. The number of carbonyl (C=O) groups is 1. The molecule has 0 fully saturated rings. The average Bonchev–Trinajstić information content (AvgIpc) is 2.88. The second-order valence-electron chi connectivity index (χ2n) is 3.43. The lowest BCUT2D eigenvalue weighted by atomic mass is 10.1. The highest BCUT2D eigenvalue weighted by Gasteiger charge is 2.16. The summed E-state index contributed by atoms with van der Waals surface area (Å²) in [6.07, 6.45) is 1.70. The Balaban J connectivity index is 2.21. The molecule has 0 atom stereocenters. The Morgan fingerprint density at radius 2 is 2.33 bits per heavy atom. The van der Waals surface area contributed by atoms with Gasteiger partial charge in [-0.05, 0) is 12.1 Å². The first kappa shape index (κ1) is 12.4. The van der Waals surface area contributed by atoms with Gasteiger partial charge in [-0.3, -0.25) is 0 Å². The molecule has 0 saturated carbocycles. The maximum absolute atomic E-state index is 11.6. The highest BCUT2D eigenvalue weighted by molar-refractivity contribution is 7.09. The van der Waals surface area contributed by atoms with Crippen LogP contribution in [0.1, 0.15) is 15.4 Å². The number of anilines is 1. The van der Waals surface area contributed by atoms with E-state index in [2.05, 4.69) is 9.72 Å². The number of benzene rings is 1. The van der Waals surface area contributed by atoms with E-state index in [1.54, 1.807) is 24.4 Å². The monoisotopic (exact) mass is 264 g/mol. The molecule has 0 amide bonds. The molecule has 2 aromatic rings. The zero-order chi connectivity index (χ0) is 13.0. The molecule has 6 heteroatoms. The van der Waals surface area contributed by atoms with Crippen molar-refractivity contribution in [2.24, 2.45) is 0 Å². The quantitative estimate of drug-likeness (QED) is 0.676. The van der Waals surface area contributed by atoms with Crippen LogP contribution in [0.2, 0.25) is 0 Å². The van der Waals surface area contributed by atoms with Crippen LogP contribution in [0.25, 0.3) is 0 Å². The van der Waals surface area contributed by atoms with E-state index in [4.69, 9.17) is 10.5 Å². The van der Waals surface area contributed by atoms with E-state index in [-0.39, 0.29) is 5.56 Å². The number of thiazole rings is 1. The summed E-state index contributed by atoms with van der Waals surface area (Å²) >= 11 is 1.48. The second-order valence-corrected chi connectivity index (χ2v) is 4.41. The summed E-state index contributed by atoms with van der Waals surface area (Å²) in [6, 6.07) is 5.03. The van der Waals surface area contributed by atoms with E-state index in [0.29, 0.717) is 18.0 Å². The molecule has 2 rings (SSSR count). The van der Waals surface area contributed by atoms with Gasteiger partial charge in [-0.1, -0.05) is 6.07 Å². The third-order valence-electron chi connectivity index (χ3n) is 2.28. The number of hydrogen-bond donors (Lipinski definition) is 1. The van der Waals surface area contributed by atoms with Gasteiger partial charge in [0.2, 0.25) is 0 Å². The maximum atomic E-state index is 11.6. The molecule has 0 bridgehead atoms. The van der Waals surface area contributed by atoms with E-state index in [9.17, 15) is 4.79 Å². The zero-order valence-corrected chi connectivity index (χ0v) is 10.6. The van der Waals surface area contributed by atoms with E-state index in [0.717, 1.165) is 5.01 Å². The molecule has 94 valence electrons. The van der Waals surface area contributed by atoms with Crippen LogP contribution in [0, 0.1) is 0 Å². The predicted molar refractivity (Wildman–Crippen MR) is 68.6 cm³/mol.